The molecule has 15 heavy (non-hydrogen) atoms. The minimum atomic E-state index is -0.165. The van der Waals surface area contributed by atoms with Gasteiger partial charge in [0.15, 0.2) is 6.29 Å². The molecule has 1 unspecified atom stereocenters. The van der Waals surface area contributed by atoms with Crippen LogP contribution in [-0.2, 0) is 9.47 Å². The number of nitrogens with zero attached hydrogens (tertiary/aromatic N) is 1. The maximum Gasteiger partial charge on any atom is 0.171 e. The first-order chi connectivity index (χ1) is 7.19. The highest BCUT2D eigenvalue weighted by Gasteiger charge is 2.14. The van der Waals surface area contributed by atoms with Crippen molar-refractivity contribution in [3.63, 3.8) is 0 Å². The van der Waals surface area contributed by atoms with Crippen molar-refractivity contribution < 1.29 is 9.47 Å². The second-order valence-electron chi connectivity index (χ2n) is 3.61. The molecule has 4 heteroatoms. The highest BCUT2D eigenvalue weighted by atomic mass is 16.7. The zero-order valence-corrected chi connectivity index (χ0v) is 10.7. The van der Waals surface area contributed by atoms with Crippen LogP contribution in [0.1, 0.15) is 20.8 Å². The molecule has 0 aliphatic heterocycles. The molecular formula is C11H26N2O2. The van der Waals surface area contributed by atoms with Gasteiger partial charge in [-0.2, -0.15) is 0 Å². The third kappa shape index (κ3) is 6.10. The van der Waals surface area contributed by atoms with Crippen LogP contribution >= 0.6 is 0 Å². The van der Waals surface area contributed by atoms with Gasteiger partial charge < -0.3 is 19.7 Å². The van der Waals surface area contributed by atoms with Crippen molar-refractivity contribution in [1.29, 1.82) is 0 Å². The Balaban J connectivity index is 3.65. The fraction of sp³-hybridized carbons (Fsp3) is 1.00. The summed E-state index contributed by atoms with van der Waals surface area (Å²) in [6.07, 6.45) is -0.165. The molecule has 0 saturated heterocycles. The Kier molecular flexibility index (Phi) is 9.00. The molecule has 0 heterocycles. The summed E-state index contributed by atoms with van der Waals surface area (Å²) in [5.74, 6) is 0. The molecule has 0 amide bonds. The maximum atomic E-state index is 5.17. The monoisotopic (exact) mass is 218 g/mol. The van der Waals surface area contributed by atoms with Crippen molar-refractivity contribution in [2.24, 2.45) is 0 Å². The number of ether oxygens (including phenoxy) is 2. The van der Waals surface area contributed by atoms with Gasteiger partial charge >= 0.3 is 0 Å². The first kappa shape index (κ1) is 14.8. The lowest BCUT2D eigenvalue weighted by atomic mass is 10.3. The lowest BCUT2D eigenvalue weighted by Crippen LogP contribution is -2.43. The standard InChI is InChI=1S/C11H26N2O2/c1-6-13(7-2)9-8-12-10(3)11(14-4)15-5/h10-12H,6-9H2,1-5H3. The van der Waals surface area contributed by atoms with E-state index in [1.165, 1.54) is 0 Å². The topological polar surface area (TPSA) is 33.7 Å². The molecular weight excluding hydrogens is 192 g/mol. The van der Waals surface area contributed by atoms with Crippen molar-refractivity contribution in [3.8, 4) is 0 Å². The molecule has 0 aromatic carbocycles. The number of methoxy groups -OCH3 is 2. The Bertz CT molecular complexity index is 137. The smallest absolute Gasteiger partial charge is 0.171 e. The highest BCUT2D eigenvalue weighted by Crippen LogP contribution is 1.97. The van der Waals surface area contributed by atoms with Crippen LogP contribution in [0.3, 0.4) is 0 Å². The van der Waals surface area contributed by atoms with E-state index >= 15 is 0 Å². The fourth-order valence-electron chi connectivity index (χ4n) is 1.59. The van der Waals surface area contributed by atoms with Gasteiger partial charge in [-0.1, -0.05) is 13.8 Å². The first-order valence-corrected chi connectivity index (χ1v) is 5.70. The maximum absolute atomic E-state index is 5.17. The summed E-state index contributed by atoms with van der Waals surface area (Å²) in [7, 11) is 3.33. The molecule has 1 atom stereocenters. The van der Waals surface area contributed by atoms with Crippen LogP contribution in [0, 0.1) is 0 Å². The highest BCUT2D eigenvalue weighted by molar-refractivity contribution is 4.66. The predicted octanol–water partition coefficient (Wildman–Crippen LogP) is 0.925. The summed E-state index contributed by atoms with van der Waals surface area (Å²) in [6.45, 7) is 10.7. The molecule has 92 valence electrons. The minimum Gasteiger partial charge on any atom is -0.354 e. The number of hydrogen-bond donors (Lipinski definition) is 1. The van der Waals surface area contributed by atoms with E-state index < -0.39 is 0 Å². The predicted molar refractivity (Wildman–Crippen MR) is 63.1 cm³/mol. The molecule has 4 nitrogen and oxygen atoms in total. The zero-order chi connectivity index (χ0) is 11.7. The van der Waals surface area contributed by atoms with E-state index in [0.29, 0.717) is 0 Å². The lowest BCUT2D eigenvalue weighted by molar-refractivity contribution is -0.119. The number of nitrogens with one attached hydrogen (secondary N) is 1. The molecule has 0 aromatic rings. The van der Waals surface area contributed by atoms with Crippen LogP contribution in [0.5, 0.6) is 0 Å². The van der Waals surface area contributed by atoms with Gasteiger partial charge in [-0.15, -0.1) is 0 Å². The Morgan fingerprint density at radius 1 is 1.13 bits per heavy atom. The van der Waals surface area contributed by atoms with Gasteiger partial charge in [0.1, 0.15) is 0 Å². The van der Waals surface area contributed by atoms with E-state index in [4.69, 9.17) is 9.47 Å². The lowest BCUT2D eigenvalue weighted by Gasteiger charge is -2.24. The third-order valence-corrected chi connectivity index (χ3v) is 2.66. The quantitative estimate of drug-likeness (QED) is 0.584. The summed E-state index contributed by atoms with van der Waals surface area (Å²) < 4.78 is 10.3. The number of likely N-dealkylation sites (N-methyl/N-ethyl adjacent to an activating group) is 1. The van der Waals surface area contributed by atoms with Crippen molar-refractivity contribution in [2.75, 3.05) is 40.4 Å². The summed E-state index contributed by atoms with van der Waals surface area (Å²) in [6, 6.07) is 0.218. The molecule has 0 aliphatic rings. The van der Waals surface area contributed by atoms with E-state index in [2.05, 4.69) is 31.0 Å². The van der Waals surface area contributed by atoms with Gasteiger partial charge in [0.2, 0.25) is 0 Å². The van der Waals surface area contributed by atoms with Gasteiger partial charge in [-0.25, -0.2) is 0 Å². The first-order valence-electron chi connectivity index (χ1n) is 5.70. The van der Waals surface area contributed by atoms with Crippen LogP contribution in [0.2, 0.25) is 0 Å². The largest absolute Gasteiger partial charge is 0.354 e. The summed E-state index contributed by atoms with van der Waals surface area (Å²) in [5.41, 5.74) is 0. The Morgan fingerprint density at radius 2 is 1.67 bits per heavy atom. The van der Waals surface area contributed by atoms with Crippen LogP contribution in [0.4, 0.5) is 0 Å². The van der Waals surface area contributed by atoms with Crippen LogP contribution in [-0.4, -0.2) is 57.6 Å². The molecule has 0 bridgehead atoms. The average Bonchev–Trinajstić information content (AvgIpc) is 2.26. The number of hydrogen-bond acceptors (Lipinski definition) is 4. The second-order valence-corrected chi connectivity index (χ2v) is 3.61. The van der Waals surface area contributed by atoms with Crippen molar-refractivity contribution in [1.82, 2.24) is 10.2 Å². The third-order valence-electron chi connectivity index (χ3n) is 2.66. The van der Waals surface area contributed by atoms with Crippen molar-refractivity contribution >= 4 is 0 Å². The number of rotatable bonds is 9. The molecule has 1 N–H and O–H groups in total. The van der Waals surface area contributed by atoms with Crippen LogP contribution in [0.25, 0.3) is 0 Å². The molecule has 0 fully saturated rings. The normalized spacial score (nSPS) is 13.8. The van der Waals surface area contributed by atoms with E-state index in [9.17, 15) is 0 Å². The van der Waals surface area contributed by atoms with E-state index in [-0.39, 0.29) is 12.3 Å². The van der Waals surface area contributed by atoms with Gasteiger partial charge in [0.05, 0.1) is 6.04 Å². The van der Waals surface area contributed by atoms with Crippen LogP contribution < -0.4 is 5.32 Å². The molecule has 0 saturated carbocycles. The van der Waals surface area contributed by atoms with Gasteiger partial charge in [-0.05, 0) is 20.0 Å². The minimum absolute atomic E-state index is 0.165. The fourth-order valence-corrected chi connectivity index (χ4v) is 1.59. The molecule has 0 radical (unpaired) electrons. The van der Waals surface area contributed by atoms with E-state index in [1.54, 1.807) is 14.2 Å². The van der Waals surface area contributed by atoms with Gasteiger partial charge in [0, 0.05) is 27.3 Å². The van der Waals surface area contributed by atoms with E-state index in [1.807, 2.05) is 0 Å². The Morgan fingerprint density at radius 3 is 2.07 bits per heavy atom. The van der Waals surface area contributed by atoms with Gasteiger partial charge in [-0.3, -0.25) is 0 Å². The molecule has 0 aromatic heterocycles. The molecule has 0 aliphatic carbocycles. The average molecular weight is 218 g/mol. The van der Waals surface area contributed by atoms with Crippen molar-refractivity contribution in [3.05, 3.63) is 0 Å². The molecule has 0 rings (SSSR count). The summed E-state index contributed by atoms with van der Waals surface area (Å²) in [5, 5.41) is 3.39. The zero-order valence-electron chi connectivity index (χ0n) is 10.7. The Hall–Kier alpha value is -0.160. The molecule has 0 spiro atoms. The SMILES string of the molecule is CCN(CC)CCNC(C)C(OC)OC. The Labute approximate surface area is 93.9 Å². The van der Waals surface area contributed by atoms with Gasteiger partial charge in [0.25, 0.3) is 0 Å². The van der Waals surface area contributed by atoms with Crippen LogP contribution in [0.15, 0.2) is 0 Å². The van der Waals surface area contributed by atoms with E-state index in [0.717, 1.165) is 26.2 Å². The van der Waals surface area contributed by atoms with Crippen molar-refractivity contribution in [2.45, 2.75) is 33.1 Å². The second kappa shape index (κ2) is 9.09. The summed E-state index contributed by atoms with van der Waals surface area (Å²) in [4.78, 5) is 2.38. The summed E-state index contributed by atoms with van der Waals surface area (Å²) >= 11 is 0.